The molecule has 112 valence electrons. The van der Waals surface area contributed by atoms with E-state index >= 15 is 0 Å². The molecule has 0 saturated carbocycles. The molecule has 1 spiro atoms. The largest absolute Gasteiger partial charge is 0.384 e. The van der Waals surface area contributed by atoms with E-state index in [0.717, 1.165) is 19.4 Å². The van der Waals surface area contributed by atoms with Crippen LogP contribution in [-0.4, -0.2) is 38.6 Å². The van der Waals surface area contributed by atoms with Crippen molar-refractivity contribution in [3.63, 3.8) is 0 Å². The first kappa shape index (κ1) is 15.6. The summed E-state index contributed by atoms with van der Waals surface area (Å²) >= 11 is 0. The predicted octanol–water partition coefficient (Wildman–Crippen LogP) is 2.14. The molecular formula is C14H21ClN2O2S. The van der Waals surface area contributed by atoms with Crippen molar-refractivity contribution in [3.05, 3.63) is 29.3 Å². The number of hydrogen-bond donors (Lipinski definition) is 1. The summed E-state index contributed by atoms with van der Waals surface area (Å²) in [5.41, 5.74) is 3.99. The maximum absolute atomic E-state index is 11.6. The van der Waals surface area contributed by atoms with Crippen LogP contribution in [0.25, 0.3) is 0 Å². The molecule has 0 aromatic heterocycles. The first-order chi connectivity index (χ1) is 8.91. The fourth-order valence-corrected chi connectivity index (χ4v) is 4.15. The van der Waals surface area contributed by atoms with E-state index in [-0.39, 0.29) is 17.8 Å². The van der Waals surface area contributed by atoms with Crippen LogP contribution >= 0.6 is 12.4 Å². The molecule has 0 radical (unpaired) electrons. The maximum atomic E-state index is 11.6. The van der Waals surface area contributed by atoms with Crippen molar-refractivity contribution in [1.82, 2.24) is 4.31 Å². The molecule has 0 atom stereocenters. The molecule has 1 saturated heterocycles. The average Bonchev–Trinajstić information content (AvgIpc) is 2.68. The van der Waals surface area contributed by atoms with E-state index in [2.05, 4.69) is 30.4 Å². The van der Waals surface area contributed by atoms with Crippen LogP contribution in [0, 0.1) is 6.92 Å². The molecule has 4 nitrogen and oxygen atoms in total. The molecule has 2 heterocycles. The topological polar surface area (TPSA) is 49.4 Å². The fourth-order valence-electron chi connectivity index (χ4n) is 3.30. The summed E-state index contributed by atoms with van der Waals surface area (Å²) in [5, 5.41) is 3.47. The molecule has 2 aliphatic rings. The lowest BCUT2D eigenvalue weighted by molar-refractivity contribution is 0.250. The minimum absolute atomic E-state index is 0. The molecule has 1 fully saturated rings. The molecule has 20 heavy (non-hydrogen) atoms. The lowest BCUT2D eigenvalue weighted by Crippen LogP contribution is -2.45. The van der Waals surface area contributed by atoms with E-state index in [4.69, 9.17) is 0 Å². The first-order valence-corrected chi connectivity index (χ1v) is 8.56. The predicted molar refractivity (Wildman–Crippen MR) is 84.2 cm³/mol. The normalized spacial score (nSPS) is 21.1. The van der Waals surface area contributed by atoms with E-state index < -0.39 is 10.0 Å². The zero-order chi connectivity index (χ0) is 13.7. The quantitative estimate of drug-likeness (QED) is 0.863. The van der Waals surface area contributed by atoms with Gasteiger partial charge in [0.1, 0.15) is 0 Å². The Bertz CT molecular complexity index is 608. The number of anilines is 1. The summed E-state index contributed by atoms with van der Waals surface area (Å²) in [6.07, 6.45) is 3.11. The summed E-state index contributed by atoms with van der Waals surface area (Å²) in [6, 6.07) is 6.52. The van der Waals surface area contributed by atoms with Gasteiger partial charge in [-0.3, -0.25) is 0 Å². The Morgan fingerprint density at radius 2 is 1.90 bits per heavy atom. The van der Waals surface area contributed by atoms with Gasteiger partial charge in [-0.25, -0.2) is 12.7 Å². The van der Waals surface area contributed by atoms with Crippen LogP contribution in [0.1, 0.15) is 24.0 Å². The number of piperidine rings is 1. The van der Waals surface area contributed by atoms with Crippen LogP contribution in [-0.2, 0) is 15.4 Å². The number of sulfonamides is 1. The van der Waals surface area contributed by atoms with Gasteiger partial charge in [0.2, 0.25) is 10.0 Å². The third-order valence-electron chi connectivity index (χ3n) is 4.51. The number of aryl methyl sites for hydroxylation is 1. The molecule has 6 heteroatoms. The van der Waals surface area contributed by atoms with Crippen LogP contribution in [0.2, 0.25) is 0 Å². The number of benzene rings is 1. The Balaban J connectivity index is 0.00000147. The summed E-state index contributed by atoms with van der Waals surface area (Å²) in [6.45, 7) is 4.31. The van der Waals surface area contributed by atoms with Gasteiger partial charge in [-0.2, -0.15) is 0 Å². The number of fused-ring (bicyclic) bond motifs is 2. The highest BCUT2D eigenvalue weighted by atomic mass is 35.5. The molecular weight excluding hydrogens is 296 g/mol. The molecule has 1 aromatic carbocycles. The zero-order valence-corrected chi connectivity index (χ0v) is 13.5. The van der Waals surface area contributed by atoms with E-state index in [0.29, 0.717) is 13.1 Å². The SMILES string of the molecule is Cc1ccc2c(c1)C1(CCN(S(C)(=O)=O)CC1)CN2.Cl. The second-order valence-corrected chi connectivity index (χ2v) is 7.83. The van der Waals surface area contributed by atoms with Gasteiger partial charge in [0, 0.05) is 30.7 Å². The summed E-state index contributed by atoms with van der Waals surface area (Å²) < 4.78 is 24.8. The number of rotatable bonds is 1. The van der Waals surface area contributed by atoms with Gasteiger partial charge in [0.05, 0.1) is 6.26 Å². The molecule has 0 aliphatic carbocycles. The second kappa shape index (κ2) is 5.20. The standard InChI is InChI=1S/C14H20N2O2S.ClH/c1-11-3-4-13-12(9-11)14(10-15-13)5-7-16(8-6-14)19(2,17)18;/h3-4,9,15H,5-8,10H2,1-2H3;1H. The molecule has 0 unspecified atom stereocenters. The fraction of sp³-hybridized carbons (Fsp3) is 0.571. The molecule has 1 aromatic rings. The van der Waals surface area contributed by atoms with Crippen LogP contribution in [0.4, 0.5) is 5.69 Å². The zero-order valence-electron chi connectivity index (χ0n) is 11.8. The number of nitrogens with one attached hydrogen (secondary N) is 1. The average molecular weight is 317 g/mol. The van der Waals surface area contributed by atoms with Crippen molar-refractivity contribution >= 4 is 28.1 Å². The lowest BCUT2D eigenvalue weighted by atomic mass is 9.74. The van der Waals surface area contributed by atoms with E-state index in [1.807, 2.05) is 0 Å². The Morgan fingerprint density at radius 1 is 1.25 bits per heavy atom. The van der Waals surface area contributed by atoms with Gasteiger partial charge >= 0.3 is 0 Å². The van der Waals surface area contributed by atoms with Gasteiger partial charge in [-0.1, -0.05) is 17.7 Å². The van der Waals surface area contributed by atoms with E-state index in [1.165, 1.54) is 23.1 Å². The van der Waals surface area contributed by atoms with E-state index in [1.54, 1.807) is 4.31 Å². The Morgan fingerprint density at radius 3 is 2.50 bits per heavy atom. The summed E-state index contributed by atoms with van der Waals surface area (Å²) in [5.74, 6) is 0. The minimum atomic E-state index is -3.04. The van der Waals surface area contributed by atoms with Crippen molar-refractivity contribution in [2.45, 2.75) is 25.2 Å². The van der Waals surface area contributed by atoms with Gasteiger partial charge in [0.15, 0.2) is 0 Å². The highest BCUT2D eigenvalue weighted by Crippen LogP contribution is 2.44. The van der Waals surface area contributed by atoms with E-state index in [9.17, 15) is 8.42 Å². The van der Waals surface area contributed by atoms with Crippen LogP contribution in [0.3, 0.4) is 0 Å². The monoisotopic (exact) mass is 316 g/mol. The number of halogens is 1. The van der Waals surface area contributed by atoms with Crippen molar-refractivity contribution in [2.75, 3.05) is 31.2 Å². The lowest BCUT2D eigenvalue weighted by Gasteiger charge is -2.38. The Labute approximate surface area is 127 Å². The number of hydrogen-bond acceptors (Lipinski definition) is 3. The van der Waals surface area contributed by atoms with Gasteiger partial charge < -0.3 is 5.32 Å². The maximum Gasteiger partial charge on any atom is 0.211 e. The number of nitrogens with zero attached hydrogens (tertiary/aromatic N) is 1. The van der Waals surface area contributed by atoms with Gasteiger partial charge in [-0.15, -0.1) is 12.4 Å². The Hall–Kier alpha value is -0.780. The summed E-state index contributed by atoms with van der Waals surface area (Å²) in [7, 11) is -3.04. The highest BCUT2D eigenvalue weighted by Gasteiger charge is 2.42. The molecule has 0 amide bonds. The minimum Gasteiger partial charge on any atom is -0.384 e. The van der Waals surface area contributed by atoms with Crippen molar-refractivity contribution in [1.29, 1.82) is 0 Å². The highest BCUT2D eigenvalue weighted by molar-refractivity contribution is 7.88. The second-order valence-electron chi connectivity index (χ2n) is 5.84. The molecule has 2 aliphatic heterocycles. The smallest absolute Gasteiger partial charge is 0.211 e. The Kier molecular flexibility index (Phi) is 4.06. The van der Waals surface area contributed by atoms with Crippen LogP contribution in [0.5, 0.6) is 0 Å². The van der Waals surface area contributed by atoms with Crippen LogP contribution < -0.4 is 5.32 Å². The molecule has 0 bridgehead atoms. The molecule has 3 rings (SSSR count). The third kappa shape index (κ3) is 2.54. The van der Waals surface area contributed by atoms with Gasteiger partial charge in [-0.05, 0) is 31.4 Å². The van der Waals surface area contributed by atoms with Crippen molar-refractivity contribution in [3.8, 4) is 0 Å². The molecule has 1 N–H and O–H groups in total. The first-order valence-electron chi connectivity index (χ1n) is 6.71. The summed E-state index contributed by atoms with van der Waals surface area (Å²) in [4.78, 5) is 0. The van der Waals surface area contributed by atoms with Crippen molar-refractivity contribution in [2.24, 2.45) is 0 Å². The van der Waals surface area contributed by atoms with Gasteiger partial charge in [0.25, 0.3) is 0 Å². The van der Waals surface area contributed by atoms with Crippen molar-refractivity contribution < 1.29 is 8.42 Å². The third-order valence-corrected chi connectivity index (χ3v) is 5.82. The van der Waals surface area contributed by atoms with Crippen LogP contribution in [0.15, 0.2) is 18.2 Å².